The van der Waals surface area contributed by atoms with Gasteiger partial charge in [0.25, 0.3) is 0 Å². The number of hydrogen-bond acceptors (Lipinski definition) is 3. The molecule has 148 valence electrons. The third kappa shape index (κ3) is 5.21. The molecule has 3 nitrogen and oxygen atoms in total. The highest BCUT2D eigenvalue weighted by Gasteiger charge is 2.19. The molecule has 0 aliphatic heterocycles. The summed E-state index contributed by atoms with van der Waals surface area (Å²) in [4.78, 5) is 8.48. The highest BCUT2D eigenvalue weighted by atomic mass is 35.5. The molecule has 28 heavy (non-hydrogen) atoms. The number of nitrogens with zero attached hydrogens (tertiary/aromatic N) is 2. The average Bonchev–Trinajstić information content (AvgIpc) is 2.68. The molecule has 0 saturated heterocycles. The van der Waals surface area contributed by atoms with Gasteiger partial charge >= 0.3 is 0 Å². The van der Waals surface area contributed by atoms with Crippen molar-refractivity contribution in [3.63, 3.8) is 0 Å². The van der Waals surface area contributed by atoms with E-state index in [1.165, 1.54) is 12.1 Å². The summed E-state index contributed by atoms with van der Waals surface area (Å²) >= 11 is 12.5. The lowest BCUT2D eigenvalue weighted by molar-refractivity contribution is 0.621. The Morgan fingerprint density at radius 1 is 1.29 bits per heavy atom. The summed E-state index contributed by atoms with van der Waals surface area (Å²) < 4.78 is 13.9. The Hall–Kier alpha value is -2.17. The summed E-state index contributed by atoms with van der Waals surface area (Å²) in [6.45, 7) is 9.66. The molecule has 0 amide bonds. The quantitative estimate of drug-likeness (QED) is 0.405. The second-order valence-corrected chi connectivity index (χ2v) is 7.37. The molecule has 1 atom stereocenters. The Balaban J connectivity index is 2.44. The number of aromatic nitrogens is 2. The van der Waals surface area contributed by atoms with Gasteiger partial charge in [-0.1, -0.05) is 49.7 Å². The van der Waals surface area contributed by atoms with E-state index < -0.39 is 5.82 Å². The van der Waals surface area contributed by atoms with Gasteiger partial charge in [-0.2, -0.15) is 0 Å². The average molecular weight is 420 g/mol. The van der Waals surface area contributed by atoms with E-state index >= 15 is 0 Å². The minimum atomic E-state index is -0.485. The van der Waals surface area contributed by atoms with Crippen molar-refractivity contribution in [3.8, 4) is 0 Å². The first-order valence-corrected chi connectivity index (χ1v) is 9.78. The molecular formula is C22H24Cl2FN3. The van der Waals surface area contributed by atoms with Crippen molar-refractivity contribution in [3.05, 3.63) is 87.3 Å². The Bertz CT molecular complexity index is 918. The molecule has 2 N–H and O–H groups in total. The second-order valence-electron chi connectivity index (χ2n) is 6.59. The van der Waals surface area contributed by atoms with E-state index in [2.05, 4.69) is 16.5 Å². The zero-order chi connectivity index (χ0) is 20.8. The maximum Gasteiger partial charge on any atom is 0.142 e. The number of benzene rings is 1. The fourth-order valence-electron chi connectivity index (χ4n) is 2.93. The van der Waals surface area contributed by atoms with Crippen molar-refractivity contribution in [2.45, 2.75) is 39.5 Å². The minimum absolute atomic E-state index is 0.0503. The lowest BCUT2D eigenvalue weighted by Gasteiger charge is -2.18. The van der Waals surface area contributed by atoms with Crippen molar-refractivity contribution < 1.29 is 4.39 Å². The van der Waals surface area contributed by atoms with Crippen molar-refractivity contribution >= 4 is 28.8 Å². The summed E-state index contributed by atoms with van der Waals surface area (Å²) in [5, 5.41) is 0.488. The molecule has 6 heteroatoms. The predicted octanol–water partition coefficient (Wildman–Crippen LogP) is 6.62. The normalized spacial score (nSPS) is 13.9. The largest absolute Gasteiger partial charge is 0.402 e. The monoisotopic (exact) mass is 419 g/mol. The van der Waals surface area contributed by atoms with Gasteiger partial charge in [-0.25, -0.2) is 14.4 Å². The number of nitrogens with two attached hydrogens (primary N) is 1. The Labute approximate surface area is 175 Å². The summed E-state index contributed by atoms with van der Waals surface area (Å²) in [6.07, 6.45) is 8.44. The van der Waals surface area contributed by atoms with Crippen LogP contribution >= 0.6 is 23.2 Å². The van der Waals surface area contributed by atoms with Crippen molar-refractivity contribution in [1.29, 1.82) is 0 Å². The Morgan fingerprint density at radius 2 is 1.93 bits per heavy atom. The number of hydrogen-bond donors (Lipinski definition) is 1. The summed E-state index contributed by atoms with van der Waals surface area (Å²) in [7, 11) is 0. The van der Waals surface area contributed by atoms with Gasteiger partial charge in [-0.15, -0.1) is 0 Å². The molecule has 0 aliphatic carbocycles. The van der Waals surface area contributed by atoms with E-state index in [-0.39, 0.29) is 10.9 Å². The van der Waals surface area contributed by atoms with Gasteiger partial charge in [-0.05, 0) is 60.6 Å². The Morgan fingerprint density at radius 3 is 2.50 bits per heavy atom. The number of halogens is 3. The first-order chi connectivity index (χ1) is 13.3. The van der Waals surface area contributed by atoms with E-state index in [0.29, 0.717) is 29.3 Å². The third-order valence-electron chi connectivity index (χ3n) is 4.56. The van der Waals surface area contributed by atoms with Gasteiger partial charge in [-0.3, -0.25) is 0 Å². The molecule has 0 radical (unpaired) electrons. The van der Waals surface area contributed by atoms with Crippen LogP contribution in [-0.4, -0.2) is 9.97 Å². The third-order valence-corrected chi connectivity index (χ3v) is 5.27. The lowest BCUT2D eigenvalue weighted by Crippen LogP contribution is -2.06. The maximum atomic E-state index is 13.9. The van der Waals surface area contributed by atoms with Crippen molar-refractivity contribution in [1.82, 2.24) is 9.97 Å². The van der Waals surface area contributed by atoms with Crippen LogP contribution in [0.2, 0.25) is 10.0 Å². The smallest absolute Gasteiger partial charge is 0.142 e. The van der Waals surface area contributed by atoms with Crippen LogP contribution in [0.15, 0.2) is 54.5 Å². The summed E-state index contributed by atoms with van der Waals surface area (Å²) in [6, 6.07) is 2.79. The summed E-state index contributed by atoms with van der Waals surface area (Å²) in [5.74, 6) is 0.0772. The van der Waals surface area contributed by atoms with E-state index in [9.17, 15) is 4.39 Å². The van der Waals surface area contributed by atoms with Crippen LogP contribution in [0.25, 0.3) is 5.57 Å². The van der Waals surface area contributed by atoms with Crippen LogP contribution in [0.3, 0.4) is 0 Å². The molecular weight excluding hydrogens is 396 g/mol. The molecule has 2 aromatic rings. The standard InChI is InChI=1S/C22H24Cl2FN3/c1-5-15(17-11-27-14(4)28-12-17)10-16(20(26)6-2)9-13(3)21-18(23)7-8-19(25)22(21)24/h5,7-8,10-13H,1,6,9,26H2,2-4H3/b15-10+,20-16+. The highest BCUT2D eigenvalue weighted by Crippen LogP contribution is 2.37. The van der Waals surface area contributed by atoms with E-state index in [1.807, 2.05) is 26.8 Å². The molecule has 1 heterocycles. The molecule has 0 aliphatic rings. The van der Waals surface area contributed by atoms with Crippen LogP contribution < -0.4 is 5.73 Å². The second kappa shape index (κ2) is 9.85. The molecule has 0 saturated carbocycles. The van der Waals surface area contributed by atoms with Gasteiger partial charge in [0.2, 0.25) is 0 Å². The van der Waals surface area contributed by atoms with Crippen LogP contribution in [0, 0.1) is 12.7 Å². The fraction of sp³-hybridized carbons (Fsp3) is 0.273. The maximum absolute atomic E-state index is 13.9. The Kier molecular flexibility index (Phi) is 7.78. The van der Waals surface area contributed by atoms with Crippen LogP contribution in [-0.2, 0) is 0 Å². The van der Waals surface area contributed by atoms with Gasteiger partial charge in [0.15, 0.2) is 0 Å². The van der Waals surface area contributed by atoms with Crippen LogP contribution in [0.1, 0.15) is 49.6 Å². The SMILES string of the molecule is C=C/C(=C\C(CC(C)c1c(Cl)ccc(F)c1Cl)=C(\N)CC)c1cnc(C)nc1. The topological polar surface area (TPSA) is 51.8 Å². The summed E-state index contributed by atoms with van der Waals surface area (Å²) in [5.41, 5.74) is 10.2. The van der Waals surface area contributed by atoms with Crippen LogP contribution in [0.5, 0.6) is 0 Å². The van der Waals surface area contributed by atoms with E-state index in [4.69, 9.17) is 28.9 Å². The molecule has 0 bridgehead atoms. The number of aryl methyl sites for hydroxylation is 1. The fourth-order valence-corrected chi connectivity index (χ4v) is 3.67. The first kappa shape index (κ1) is 22.1. The molecule has 2 rings (SSSR count). The van der Waals surface area contributed by atoms with Gasteiger partial charge in [0, 0.05) is 28.7 Å². The van der Waals surface area contributed by atoms with Gasteiger partial charge < -0.3 is 5.73 Å². The van der Waals surface area contributed by atoms with E-state index in [1.54, 1.807) is 18.5 Å². The molecule has 0 fully saturated rings. The van der Waals surface area contributed by atoms with Crippen molar-refractivity contribution in [2.24, 2.45) is 5.73 Å². The lowest BCUT2D eigenvalue weighted by atomic mass is 9.90. The van der Waals surface area contributed by atoms with Gasteiger partial charge in [0.05, 0.1) is 5.02 Å². The van der Waals surface area contributed by atoms with Gasteiger partial charge in [0.1, 0.15) is 11.6 Å². The zero-order valence-electron chi connectivity index (χ0n) is 16.3. The number of allylic oxidation sites excluding steroid dienone is 5. The predicted molar refractivity (Wildman–Crippen MR) is 116 cm³/mol. The molecule has 1 unspecified atom stereocenters. The highest BCUT2D eigenvalue weighted by molar-refractivity contribution is 6.36. The molecule has 0 spiro atoms. The first-order valence-electron chi connectivity index (χ1n) is 9.02. The zero-order valence-corrected chi connectivity index (χ0v) is 17.8. The van der Waals surface area contributed by atoms with Crippen molar-refractivity contribution in [2.75, 3.05) is 0 Å². The minimum Gasteiger partial charge on any atom is -0.402 e. The van der Waals surface area contributed by atoms with Crippen LogP contribution in [0.4, 0.5) is 4.39 Å². The molecule has 1 aromatic heterocycles. The number of rotatable bonds is 7. The van der Waals surface area contributed by atoms with E-state index in [0.717, 1.165) is 22.4 Å². The molecule has 1 aromatic carbocycles.